The van der Waals surface area contributed by atoms with Crippen molar-refractivity contribution in [2.24, 2.45) is 0 Å². The first-order chi connectivity index (χ1) is 17.1. The summed E-state index contributed by atoms with van der Waals surface area (Å²) in [5, 5.41) is 11.4. The number of carbonyl (C=O) groups excluding carboxylic acids is 4. The average Bonchev–Trinajstić information content (AvgIpc) is 3.10. The predicted molar refractivity (Wildman–Crippen MR) is 128 cm³/mol. The van der Waals surface area contributed by atoms with Crippen LogP contribution in [-0.4, -0.2) is 42.2 Å². The summed E-state index contributed by atoms with van der Waals surface area (Å²) < 4.78 is 9.95. The van der Waals surface area contributed by atoms with Crippen LogP contribution < -0.4 is 9.64 Å². The molecule has 0 aliphatic carbocycles. The average molecular weight is 529 g/mol. The number of methoxy groups -OCH3 is 1. The van der Waals surface area contributed by atoms with Crippen molar-refractivity contribution < 1.29 is 33.6 Å². The van der Waals surface area contributed by atoms with E-state index >= 15 is 0 Å². The lowest BCUT2D eigenvalue weighted by atomic mass is 10.1. The molecule has 0 atom stereocenters. The first-order valence-corrected chi connectivity index (χ1v) is 10.9. The number of nitrogens with zero attached hydrogens (tertiary/aromatic N) is 2. The molecule has 1 heterocycles. The molecular weight excluding hydrogens is 515 g/mol. The molecule has 0 radical (unpaired) electrons. The monoisotopic (exact) mass is 528 g/mol. The third-order valence-electron chi connectivity index (χ3n) is 5.30. The Bertz CT molecular complexity index is 1430. The maximum Gasteiger partial charge on any atom is 0.338 e. The fourth-order valence-electron chi connectivity index (χ4n) is 3.54. The number of nitro groups is 1. The van der Waals surface area contributed by atoms with Gasteiger partial charge in [0.1, 0.15) is 0 Å². The van der Waals surface area contributed by atoms with Gasteiger partial charge >= 0.3 is 11.7 Å². The number of hydrogen-bond donors (Lipinski definition) is 0. The maximum atomic E-state index is 12.8. The quantitative estimate of drug-likeness (QED) is 0.141. The minimum atomic E-state index is -0.907. The van der Waals surface area contributed by atoms with Crippen LogP contribution in [0.1, 0.15) is 41.4 Å². The van der Waals surface area contributed by atoms with E-state index in [1.807, 2.05) is 0 Å². The Hall–Kier alpha value is -4.28. The Morgan fingerprint density at radius 2 is 1.58 bits per heavy atom. The number of amides is 2. The van der Waals surface area contributed by atoms with Gasteiger partial charge in [-0.15, -0.1) is 0 Å². The molecule has 2 amide bonds. The van der Waals surface area contributed by atoms with E-state index in [0.29, 0.717) is 0 Å². The number of nitro benzene ring substituents is 1. The lowest BCUT2D eigenvalue weighted by molar-refractivity contribution is -0.385. The second kappa shape index (κ2) is 9.76. The van der Waals surface area contributed by atoms with Crippen LogP contribution in [0.5, 0.6) is 5.75 Å². The zero-order valence-electron chi connectivity index (χ0n) is 18.3. The van der Waals surface area contributed by atoms with Crippen LogP contribution in [0.3, 0.4) is 0 Å². The van der Waals surface area contributed by atoms with Crippen LogP contribution in [-0.2, 0) is 4.74 Å². The van der Waals surface area contributed by atoms with Gasteiger partial charge in [-0.3, -0.25) is 24.5 Å². The molecule has 12 heteroatoms. The van der Waals surface area contributed by atoms with Crippen LogP contribution in [0, 0.1) is 10.1 Å². The number of anilines is 1. The van der Waals surface area contributed by atoms with E-state index in [1.54, 1.807) is 0 Å². The van der Waals surface area contributed by atoms with Crippen molar-refractivity contribution in [3.8, 4) is 5.75 Å². The standard InChI is InChI=1S/C24H14Cl2N2O8/c1-35-21-6-5-12(8-19(21)28(33)34)20(29)11-36-24(32)13-3-2-4-14(7-13)27-22(30)15-9-17(25)18(26)10-16(15)23(27)31/h2-10H,11H2,1H3. The molecule has 4 rings (SSSR count). The first-order valence-electron chi connectivity index (χ1n) is 10.1. The molecule has 0 saturated heterocycles. The molecule has 3 aromatic rings. The summed E-state index contributed by atoms with van der Waals surface area (Å²) in [5.74, 6) is -2.90. The van der Waals surface area contributed by atoms with Gasteiger partial charge in [-0.05, 0) is 42.5 Å². The molecule has 10 nitrogen and oxygen atoms in total. The largest absolute Gasteiger partial charge is 0.490 e. The number of benzene rings is 3. The summed E-state index contributed by atoms with van der Waals surface area (Å²) in [7, 11) is 1.26. The van der Waals surface area contributed by atoms with E-state index in [-0.39, 0.29) is 43.7 Å². The molecule has 0 bridgehead atoms. The summed E-state index contributed by atoms with van der Waals surface area (Å²) in [6.45, 7) is -0.698. The maximum absolute atomic E-state index is 12.8. The lowest BCUT2D eigenvalue weighted by Gasteiger charge is -2.14. The molecule has 0 saturated carbocycles. The molecule has 0 unspecified atom stereocenters. The minimum Gasteiger partial charge on any atom is -0.490 e. The molecule has 3 aromatic carbocycles. The van der Waals surface area contributed by atoms with E-state index < -0.39 is 40.8 Å². The third kappa shape index (κ3) is 4.51. The summed E-state index contributed by atoms with van der Waals surface area (Å²) >= 11 is 11.9. The van der Waals surface area contributed by atoms with Crippen molar-refractivity contribution in [2.45, 2.75) is 0 Å². The fraction of sp³-hybridized carbons (Fsp3) is 0.0833. The minimum absolute atomic E-state index is 0.0249. The van der Waals surface area contributed by atoms with E-state index in [9.17, 15) is 29.3 Å². The highest BCUT2D eigenvalue weighted by Gasteiger charge is 2.37. The Balaban J connectivity index is 1.50. The van der Waals surface area contributed by atoms with Crippen LogP contribution in [0.15, 0.2) is 54.6 Å². The van der Waals surface area contributed by atoms with Crippen LogP contribution in [0.4, 0.5) is 11.4 Å². The number of fused-ring (bicyclic) bond motifs is 1. The van der Waals surface area contributed by atoms with E-state index in [1.165, 1.54) is 55.6 Å². The van der Waals surface area contributed by atoms with Crippen molar-refractivity contribution in [3.63, 3.8) is 0 Å². The molecular formula is C24H14Cl2N2O8. The number of rotatable bonds is 7. The van der Waals surface area contributed by atoms with Crippen molar-refractivity contribution in [1.82, 2.24) is 0 Å². The van der Waals surface area contributed by atoms with Gasteiger partial charge < -0.3 is 9.47 Å². The molecule has 0 fully saturated rings. The van der Waals surface area contributed by atoms with E-state index in [2.05, 4.69) is 0 Å². The highest BCUT2D eigenvalue weighted by molar-refractivity contribution is 6.44. The van der Waals surface area contributed by atoms with Gasteiger partial charge in [0.25, 0.3) is 11.8 Å². The molecule has 1 aliphatic rings. The number of Topliss-reactive ketones (excluding diaryl/α,β-unsaturated/α-hetero) is 1. The van der Waals surface area contributed by atoms with Gasteiger partial charge in [0.15, 0.2) is 12.4 Å². The van der Waals surface area contributed by atoms with Crippen LogP contribution in [0.2, 0.25) is 10.0 Å². The number of ketones is 1. The van der Waals surface area contributed by atoms with E-state index in [4.69, 9.17) is 32.7 Å². The molecule has 36 heavy (non-hydrogen) atoms. The zero-order valence-corrected chi connectivity index (χ0v) is 19.8. The topological polar surface area (TPSA) is 133 Å². The Labute approximate surface area is 213 Å². The van der Waals surface area contributed by atoms with Gasteiger partial charge in [0.2, 0.25) is 5.78 Å². The Morgan fingerprint density at radius 1 is 0.944 bits per heavy atom. The molecule has 0 spiro atoms. The number of ether oxygens (including phenoxy) is 2. The zero-order chi connectivity index (χ0) is 26.1. The summed E-state index contributed by atoms with van der Waals surface area (Å²) in [4.78, 5) is 62.0. The van der Waals surface area contributed by atoms with E-state index in [0.717, 1.165) is 11.0 Å². The lowest BCUT2D eigenvalue weighted by Crippen LogP contribution is -2.29. The van der Waals surface area contributed by atoms with Gasteiger partial charge in [0, 0.05) is 11.6 Å². The molecule has 0 aromatic heterocycles. The number of halogens is 2. The highest BCUT2D eigenvalue weighted by Crippen LogP contribution is 2.34. The number of hydrogen-bond acceptors (Lipinski definition) is 8. The third-order valence-corrected chi connectivity index (χ3v) is 6.02. The molecule has 0 N–H and O–H groups in total. The second-order valence-corrected chi connectivity index (χ2v) is 8.27. The summed E-state index contributed by atoms with van der Waals surface area (Å²) in [5.41, 5.74) is -0.255. The number of esters is 1. The number of imide groups is 1. The van der Waals surface area contributed by atoms with Gasteiger partial charge in [-0.2, -0.15) is 0 Å². The number of carbonyl (C=O) groups is 4. The SMILES string of the molecule is COc1ccc(C(=O)COC(=O)c2cccc(N3C(=O)c4cc(Cl)c(Cl)cc4C3=O)c2)cc1[N+](=O)[O-]. The second-order valence-electron chi connectivity index (χ2n) is 7.45. The molecule has 1 aliphatic heterocycles. The fourth-order valence-corrected chi connectivity index (χ4v) is 3.87. The van der Waals surface area contributed by atoms with Crippen molar-refractivity contribution in [3.05, 3.63) is 97.0 Å². The Morgan fingerprint density at radius 3 is 2.17 bits per heavy atom. The van der Waals surface area contributed by atoms with Crippen molar-refractivity contribution >= 4 is 58.1 Å². The summed E-state index contributed by atoms with van der Waals surface area (Å²) in [6, 6.07) is 11.7. The van der Waals surface area contributed by atoms with Crippen LogP contribution in [0.25, 0.3) is 0 Å². The van der Waals surface area contributed by atoms with Crippen molar-refractivity contribution in [1.29, 1.82) is 0 Å². The smallest absolute Gasteiger partial charge is 0.338 e. The van der Waals surface area contributed by atoms with Crippen LogP contribution >= 0.6 is 23.2 Å². The Kier molecular flexibility index (Phi) is 6.73. The predicted octanol–water partition coefficient (Wildman–Crippen LogP) is 4.75. The molecule has 182 valence electrons. The highest BCUT2D eigenvalue weighted by atomic mass is 35.5. The normalized spacial score (nSPS) is 12.4. The van der Waals surface area contributed by atoms with Gasteiger partial charge in [-0.25, -0.2) is 9.69 Å². The first kappa shape index (κ1) is 24.8. The summed E-state index contributed by atoms with van der Waals surface area (Å²) in [6.07, 6.45) is 0. The van der Waals surface area contributed by atoms with Gasteiger partial charge in [-0.1, -0.05) is 29.3 Å². The van der Waals surface area contributed by atoms with Gasteiger partial charge in [0.05, 0.1) is 44.5 Å². The van der Waals surface area contributed by atoms with Crippen molar-refractivity contribution in [2.75, 3.05) is 18.6 Å².